The van der Waals surface area contributed by atoms with Gasteiger partial charge in [0.15, 0.2) is 0 Å². The maximum absolute atomic E-state index is 9.12. The van der Waals surface area contributed by atoms with E-state index < -0.39 is 0 Å². The van der Waals surface area contributed by atoms with Crippen molar-refractivity contribution in [2.75, 3.05) is 20.2 Å². The van der Waals surface area contributed by atoms with Crippen molar-refractivity contribution >= 4 is 11.3 Å². The van der Waals surface area contributed by atoms with Gasteiger partial charge in [0.25, 0.3) is 0 Å². The van der Waals surface area contributed by atoms with Crippen molar-refractivity contribution < 1.29 is 5.11 Å². The Hall–Kier alpha value is -0.450. The highest BCUT2D eigenvalue weighted by molar-refractivity contribution is 7.09. The van der Waals surface area contributed by atoms with E-state index in [0.717, 1.165) is 12.1 Å². The van der Waals surface area contributed by atoms with Gasteiger partial charge in [-0.05, 0) is 26.4 Å². The van der Waals surface area contributed by atoms with Crippen molar-refractivity contribution in [1.29, 1.82) is 0 Å². The van der Waals surface area contributed by atoms with E-state index in [0.29, 0.717) is 6.04 Å². The molecular formula is C13H22N2OS. The van der Waals surface area contributed by atoms with Crippen LogP contribution in [-0.4, -0.2) is 41.2 Å². The first-order valence-electron chi connectivity index (χ1n) is 6.46. The summed E-state index contributed by atoms with van der Waals surface area (Å²) in [5, 5.41) is 12.4. The van der Waals surface area contributed by atoms with Crippen molar-refractivity contribution in [3.05, 3.63) is 16.1 Å². The minimum Gasteiger partial charge on any atom is -0.396 e. The van der Waals surface area contributed by atoms with Crippen LogP contribution in [-0.2, 0) is 6.42 Å². The number of aliphatic hydroxyl groups is 1. The molecule has 2 unspecified atom stereocenters. The van der Waals surface area contributed by atoms with Crippen molar-refractivity contribution in [1.82, 2.24) is 9.88 Å². The number of likely N-dealkylation sites (tertiary alicyclic amines) is 1. The molecule has 0 spiro atoms. The summed E-state index contributed by atoms with van der Waals surface area (Å²) in [6.07, 6.45) is 5.04. The SMILES string of the molecule is CC(CO)c1csc(CC2CCCCN2C)n1. The van der Waals surface area contributed by atoms with Gasteiger partial charge in [-0.1, -0.05) is 13.3 Å². The first-order valence-corrected chi connectivity index (χ1v) is 7.34. The Morgan fingerprint density at radius 3 is 3.12 bits per heavy atom. The molecule has 4 heteroatoms. The number of nitrogens with zero attached hydrogens (tertiary/aromatic N) is 2. The van der Waals surface area contributed by atoms with Crippen LogP contribution >= 0.6 is 11.3 Å². The normalized spacial score (nSPS) is 23.8. The number of thiazole rings is 1. The van der Waals surface area contributed by atoms with E-state index >= 15 is 0 Å². The fourth-order valence-corrected chi connectivity index (χ4v) is 3.33. The summed E-state index contributed by atoms with van der Waals surface area (Å²) < 4.78 is 0. The minimum absolute atomic E-state index is 0.170. The third kappa shape index (κ3) is 3.27. The first kappa shape index (κ1) is 13.0. The van der Waals surface area contributed by atoms with Crippen LogP contribution in [0, 0.1) is 0 Å². The molecule has 1 aliphatic heterocycles. The van der Waals surface area contributed by atoms with E-state index in [1.54, 1.807) is 11.3 Å². The summed E-state index contributed by atoms with van der Waals surface area (Å²) >= 11 is 1.74. The van der Waals surface area contributed by atoms with Crippen LogP contribution in [0.5, 0.6) is 0 Å². The second-order valence-electron chi connectivity index (χ2n) is 5.08. The first-order chi connectivity index (χ1) is 8.20. The topological polar surface area (TPSA) is 36.4 Å². The Bertz CT molecular complexity index is 353. The van der Waals surface area contributed by atoms with Gasteiger partial charge in [-0.3, -0.25) is 0 Å². The van der Waals surface area contributed by atoms with E-state index in [4.69, 9.17) is 5.11 Å². The van der Waals surface area contributed by atoms with Gasteiger partial charge in [0.2, 0.25) is 0 Å². The Labute approximate surface area is 107 Å². The van der Waals surface area contributed by atoms with Crippen LogP contribution in [0.25, 0.3) is 0 Å². The number of piperidine rings is 1. The molecule has 17 heavy (non-hydrogen) atoms. The number of hydrogen-bond donors (Lipinski definition) is 1. The third-order valence-electron chi connectivity index (χ3n) is 3.68. The Kier molecular flexibility index (Phi) is 4.54. The van der Waals surface area contributed by atoms with Crippen molar-refractivity contribution in [2.24, 2.45) is 0 Å². The van der Waals surface area contributed by atoms with E-state index in [1.807, 2.05) is 6.92 Å². The van der Waals surface area contributed by atoms with Crippen LogP contribution in [0.1, 0.15) is 42.8 Å². The predicted octanol–water partition coefficient (Wildman–Crippen LogP) is 2.27. The molecule has 0 radical (unpaired) electrons. The summed E-state index contributed by atoms with van der Waals surface area (Å²) in [7, 11) is 2.22. The number of rotatable bonds is 4. The molecule has 0 aromatic carbocycles. The molecule has 1 N–H and O–H groups in total. The van der Waals surface area contributed by atoms with Crippen LogP contribution in [0.4, 0.5) is 0 Å². The molecule has 3 nitrogen and oxygen atoms in total. The van der Waals surface area contributed by atoms with Gasteiger partial charge in [0.1, 0.15) is 0 Å². The van der Waals surface area contributed by atoms with Gasteiger partial charge in [-0.2, -0.15) is 0 Å². The smallest absolute Gasteiger partial charge is 0.0943 e. The summed E-state index contributed by atoms with van der Waals surface area (Å²) in [6, 6.07) is 0.659. The molecule has 1 aromatic rings. The van der Waals surface area contributed by atoms with Crippen molar-refractivity contribution in [3.8, 4) is 0 Å². The molecule has 0 aliphatic carbocycles. The highest BCUT2D eigenvalue weighted by Crippen LogP contribution is 2.23. The van der Waals surface area contributed by atoms with Gasteiger partial charge in [0, 0.05) is 23.8 Å². The summed E-state index contributed by atoms with van der Waals surface area (Å²) in [5.74, 6) is 0.170. The number of aliphatic hydroxyl groups excluding tert-OH is 1. The summed E-state index contributed by atoms with van der Waals surface area (Å²) in [6.45, 7) is 3.42. The number of aromatic nitrogens is 1. The van der Waals surface area contributed by atoms with Crippen molar-refractivity contribution in [2.45, 2.75) is 44.6 Å². The van der Waals surface area contributed by atoms with Gasteiger partial charge < -0.3 is 10.0 Å². The maximum atomic E-state index is 9.12. The van der Waals surface area contributed by atoms with Crippen LogP contribution in [0.3, 0.4) is 0 Å². The fourth-order valence-electron chi connectivity index (χ4n) is 2.34. The monoisotopic (exact) mass is 254 g/mol. The van der Waals surface area contributed by atoms with Crippen LogP contribution in [0.2, 0.25) is 0 Å². The lowest BCUT2D eigenvalue weighted by molar-refractivity contribution is 0.184. The van der Waals surface area contributed by atoms with E-state index in [9.17, 15) is 0 Å². The zero-order valence-corrected chi connectivity index (χ0v) is 11.5. The maximum Gasteiger partial charge on any atom is 0.0943 e. The second kappa shape index (κ2) is 5.94. The lowest BCUT2D eigenvalue weighted by Gasteiger charge is -2.31. The number of hydrogen-bond acceptors (Lipinski definition) is 4. The Morgan fingerprint density at radius 1 is 1.59 bits per heavy atom. The average molecular weight is 254 g/mol. The molecule has 1 saturated heterocycles. The van der Waals surface area contributed by atoms with Gasteiger partial charge in [-0.15, -0.1) is 11.3 Å². The zero-order chi connectivity index (χ0) is 12.3. The molecule has 1 fully saturated rings. The third-order valence-corrected chi connectivity index (χ3v) is 4.57. The Balaban J connectivity index is 1.96. The minimum atomic E-state index is 0.170. The van der Waals surface area contributed by atoms with Gasteiger partial charge in [0.05, 0.1) is 17.3 Å². The summed E-state index contributed by atoms with van der Waals surface area (Å²) in [4.78, 5) is 7.10. The molecule has 0 amide bonds. The largest absolute Gasteiger partial charge is 0.396 e. The highest BCUT2D eigenvalue weighted by atomic mass is 32.1. The molecule has 1 aromatic heterocycles. The summed E-state index contributed by atoms with van der Waals surface area (Å²) in [5.41, 5.74) is 1.05. The molecular weight excluding hydrogens is 232 g/mol. The fraction of sp³-hybridized carbons (Fsp3) is 0.769. The molecule has 96 valence electrons. The molecule has 0 saturated carbocycles. The standard InChI is InChI=1S/C13H22N2OS/c1-10(8-16)12-9-17-13(14-12)7-11-5-3-4-6-15(11)2/h9-11,16H,3-8H2,1-2H3. The quantitative estimate of drug-likeness (QED) is 0.895. The lowest BCUT2D eigenvalue weighted by atomic mass is 10.0. The average Bonchev–Trinajstić information content (AvgIpc) is 2.80. The van der Waals surface area contributed by atoms with Crippen molar-refractivity contribution in [3.63, 3.8) is 0 Å². The van der Waals surface area contributed by atoms with E-state index in [-0.39, 0.29) is 12.5 Å². The second-order valence-corrected chi connectivity index (χ2v) is 6.03. The van der Waals surface area contributed by atoms with Crippen LogP contribution < -0.4 is 0 Å². The Morgan fingerprint density at radius 2 is 2.41 bits per heavy atom. The van der Waals surface area contributed by atoms with E-state index in [1.165, 1.54) is 30.8 Å². The molecule has 1 aliphatic rings. The molecule has 2 atom stereocenters. The zero-order valence-electron chi connectivity index (χ0n) is 10.7. The lowest BCUT2D eigenvalue weighted by Crippen LogP contribution is -2.37. The van der Waals surface area contributed by atoms with E-state index in [2.05, 4.69) is 22.3 Å². The predicted molar refractivity (Wildman–Crippen MR) is 71.6 cm³/mol. The highest BCUT2D eigenvalue weighted by Gasteiger charge is 2.20. The molecule has 0 bridgehead atoms. The number of likely N-dealkylation sites (N-methyl/N-ethyl adjacent to an activating group) is 1. The van der Waals surface area contributed by atoms with Crippen LogP contribution in [0.15, 0.2) is 5.38 Å². The molecule has 2 heterocycles. The van der Waals surface area contributed by atoms with Gasteiger partial charge >= 0.3 is 0 Å². The van der Waals surface area contributed by atoms with Gasteiger partial charge in [-0.25, -0.2) is 4.98 Å². The molecule has 2 rings (SSSR count).